The van der Waals surface area contributed by atoms with E-state index in [0.29, 0.717) is 0 Å². The van der Waals surface area contributed by atoms with Crippen LogP contribution in [-0.4, -0.2) is 19.1 Å². The van der Waals surface area contributed by atoms with Crippen LogP contribution in [0.15, 0.2) is 22.1 Å². The molecule has 0 unspecified atom stereocenters. The average Bonchev–Trinajstić information content (AvgIpc) is 1.89. The zero-order valence-electron chi connectivity index (χ0n) is 6.13. The van der Waals surface area contributed by atoms with Crippen molar-refractivity contribution in [1.82, 2.24) is 0 Å². The van der Waals surface area contributed by atoms with Crippen LogP contribution in [0.2, 0.25) is 0 Å². The van der Waals surface area contributed by atoms with Crippen molar-refractivity contribution in [3.8, 4) is 0 Å². The largest absolute Gasteiger partial charge is 0.274 e. The summed E-state index contributed by atoms with van der Waals surface area (Å²) in [4.78, 5) is 7.82. The van der Waals surface area contributed by atoms with Crippen LogP contribution in [0.1, 0.15) is 13.8 Å². The van der Waals surface area contributed by atoms with Crippen molar-refractivity contribution in [3.63, 3.8) is 0 Å². The van der Waals surface area contributed by atoms with Gasteiger partial charge in [0, 0.05) is 13.3 Å². The molecule has 0 aliphatic heterocycles. The molecule has 0 radical (unpaired) electrons. The van der Waals surface area contributed by atoms with Crippen molar-refractivity contribution in [2.24, 2.45) is 9.98 Å². The summed E-state index contributed by atoms with van der Waals surface area (Å²) in [5.74, 6) is 0.799. The normalized spacial score (nSPS) is 13.9. The molecule has 0 aliphatic carbocycles. The standard InChI is InChI=1S/C7H12N2/c1-4-5-6-9-7(2)8-3/h4-6H,1-3H3/b5-4-,8-7-,9-6-. The van der Waals surface area contributed by atoms with E-state index in [4.69, 9.17) is 0 Å². The number of amidine groups is 1. The highest BCUT2D eigenvalue weighted by molar-refractivity contribution is 5.90. The molecule has 0 aromatic heterocycles. The lowest BCUT2D eigenvalue weighted by Crippen LogP contribution is -1.82. The third kappa shape index (κ3) is 4.94. The quantitative estimate of drug-likeness (QED) is 0.375. The van der Waals surface area contributed by atoms with Gasteiger partial charge in [0.05, 0.1) is 0 Å². The molecule has 50 valence electrons. The van der Waals surface area contributed by atoms with E-state index in [-0.39, 0.29) is 0 Å². The molecule has 0 bridgehead atoms. The minimum absolute atomic E-state index is 0.799. The molecule has 0 spiro atoms. The molecule has 0 heterocycles. The van der Waals surface area contributed by atoms with Gasteiger partial charge in [-0.3, -0.25) is 4.99 Å². The van der Waals surface area contributed by atoms with Gasteiger partial charge < -0.3 is 0 Å². The number of hydrogen-bond acceptors (Lipinski definition) is 1. The van der Waals surface area contributed by atoms with Crippen LogP contribution in [0.5, 0.6) is 0 Å². The zero-order chi connectivity index (χ0) is 7.11. The summed E-state index contributed by atoms with van der Waals surface area (Å²) in [6, 6.07) is 0. The van der Waals surface area contributed by atoms with Gasteiger partial charge in [0.15, 0.2) is 0 Å². The Morgan fingerprint density at radius 2 is 2.11 bits per heavy atom. The van der Waals surface area contributed by atoms with E-state index in [1.807, 2.05) is 26.0 Å². The van der Waals surface area contributed by atoms with Gasteiger partial charge in [0.2, 0.25) is 0 Å². The fourth-order valence-electron chi connectivity index (χ4n) is 0.295. The van der Waals surface area contributed by atoms with Gasteiger partial charge in [-0.25, -0.2) is 4.99 Å². The summed E-state index contributed by atoms with van der Waals surface area (Å²) in [7, 11) is 1.72. The van der Waals surface area contributed by atoms with Crippen LogP contribution < -0.4 is 0 Å². The Labute approximate surface area is 56.0 Å². The lowest BCUT2D eigenvalue weighted by Gasteiger charge is -1.82. The third-order valence-electron chi connectivity index (χ3n) is 0.863. The van der Waals surface area contributed by atoms with Crippen molar-refractivity contribution < 1.29 is 0 Å². The van der Waals surface area contributed by atoms with Crippen molar-refractivity contribution in [2.75, 3.05) is 7.05 Å². The van der Waals surface area contributed by atoms with E-state index in [2.05, 4.69) is 9.98 Å². The van der Waals surface area contributed by atoms with Crippen molar-refractivity contribution in [3.05, 3.63) is 12.2 Å². The fourth-order valence-corrected chi connectivity index (χ4v) is 0.295. The van der Waals surface area contributed by atoms with Gasteiger partial charge >= 0.3 is 0 Å². The summed E-state index contributed by atoms with van der Waals surface area (Å²) in [6.45, 7) is 3.81. The molecule has 0 aliphatic rings. The Balaban J connectivity index is 3.71. The highest BCUT2D eigenvalue weighted by Gasteiger charge is 1.74. The first-order valence-corrected chi connectivity index (χ1v) is 2.90. The maximum absolute atomic E-state index is 3.97. The van der Waals surface area contributed by atoms with Gasteiger partial charge in [-0.05, 0) is 19.9 Å². The van der Waals surface area contributed by atoms with Crippen LogP contribution in [0, 0.1) is 0 Å². The van der Waals surface area contributed by atoms with E-state index in [9.17, 15) is 0 Å². The second-order valence-corrected chi connectivity index (χ2v) is 1.57. The van der Waals surface area contributed by atoms with Crippen molar-refractivity contribution in [1.29, 1.82) is 0 Å². The number of allylic oxidation sites excluding steroid dienone is 2. The third-order valence-corrected chi connectivity index (χ3v) is 0.863. The molecule has 0 fully saturated rings. The van der Waals surface area contributed by atoms with Gasteiger partial charge in [0.25, 0.3) is 0 Å². The summed E-state index contributed by atoms with van der Waals surface area (Å²) >= 11 is 0. The first-order chi connectivity index (χ1) is 4.31. The lowest BCUT2D eigenvalue weighted by molar-refractivity contribution is 1.38. The van der Waals surface area contributed by atoms with Gasteiger partial charge in [-0.1, -0.05) is 6.08 Å². The van der Waals surface area contributed by atoms with E-state index in [1.54, 1.807) is 13.3 Å². The first kappa shape index (κ1) is 8.08. The topological polar surface area (TPSA) is 24.7 Å². The Morgan fingerprint density at radius 3 is 2.56 bits per heavy atom. The molecule has 9 heavy (non-hydrogen) atoms. The van der Waals surface area contributed by atoms with Crippen LogP contribution >= 0.6 is 0 Å². The van der Waals surface area contributed by atoms with Gasteiger partial charge in [-0.15, -0.1) is 0 Å². The summed E-state index contributed by atoms with van der Waals surface area (Å²) < 4.78 is 0. The predicted molar refractivity (Wildman–Crippen MR) is 42.3 cm³/mol. The van der Waals surface area contributed by atoms with E-state index < -0.39 is 0 Å². The van der Waals surface area contributed by atoms with Crippen LogP contribution in [-0.2, 0) is 0 Å². The van der Waals surface area contributed by atoms with Crippen LogP contribution in [0.4, 0.5) is 0 Å². The Morgan fingerprint density at radius 1 is 1.44 bits per heavy atom. The van der Waals surface area contributed by atoms with Crippen LogP contribution in [0.3, 0.4) is 0 Å². The Hall–Kier alpha value is -0.920. The van der Waals surface area contributed by atoms with E-state index >= 15 is 0 Å². The summed E-state index contributed by atoms with van der Waals surface area (Å²) in [5, 5.41) is 0. The zero-order valence-corrected chi connectivity index (χ0v) is 6.13. The maximum Gasteiger partial charge on any atom is 0.119 e. The fraction of sp³-hybridized carbons (Fsp3) is 0.429. The van der Waals surface area contributed by atoms with Gasteiger partial charge in [0.1, 0.15) is 5.84 Å². The monoisotopic (exact) mass is 124 g/mol. The lowest BCUT2D eigenvalue weighted by atomic mass is 10.5. The summed E-state index contributed by atoms with van der Waals surface area (Å²) in [6.07, 6.45) is 5.52. The van der Waals surface area contributed by atoms with Gasteiger partial charge in [-0.2, -0.15) is 0 Å². The minimum atomic E-state index is 0.799. The second kappa shape index (κ2) is 5.22. The highest BCUT2D eigenvalue weighted by Crippen LogP contribution is 1.75. The van der Waals surface area contributed by atoms with E-state index in [1.165, 1.54) is 0 Å². The van der Waals surface area contributed by atoms with E-state index in [0.717, 1.165) is 5.84 Å². The van der Waals surface area contributed by atoms with Crippen LogP contribution in [0.25, 0.3) is 0 Å². The minimum Gasteiger partial charge on any atom is -0.274 e. The number of nitrogens with zero attached hydrogens (tertiary/aromatic N) is 2. The molecule has 0 aromatic carbocycles. The molecule has 0 atom stereocenters. The molecule has 2 heteroatoms. The highest BCUT2D eigenvalue weighted by atomic mass is 14.9. The summed E-state index contributed by atoms with van der Waals surface area (Å²) in [5.41, 5.74) is 0. The average molecular weight is 124 g/mol. The second-order valence-electron chi connectivity index (χ2n) is 1.57. The molecule has 0 amide bonds. The molecule has 2 nitrogen and oxygen atoms in total. The maximum atomic E-state index is 3.97. The number of rotatable bonds is 1. The predicted octanol–water partition coefficient (Wildman–Crippen LogP) is 1.68. The van der Waals surface area contributed by atoms with Crippen molar-refractivity contribution >= 4 is 12.1 Å². The number of aliphatic imine (C=N–C) groups is 2. The molecule has 0 aromatic rings. The number of hydrogen-bond donors (Lipinski definition) is 0. The molecule has 0 saturated heterocycles. The van der Waals surface area contributed by atoms with Crippen molar-refractivity contribution in [2.45, 2.75) is 13.8 Å². The first-order valence-electron chi connectivity index (χ1n) is 2.90. The molecule has 0 rings (SSSR count). The smallest absolute Gasteiger partial charge is 0.119 e. The Bertz CT molecular complexity index is 143. The SMILES string of the molecule is C\C=C/C=N\C(C)=N/C. The molecule has 0 saturated carbocycles. The molecular weight excluding hydrogens is 112 g/mol. The molecule has 0 N–H and O–H groups in total. The Kier molecular flexibility index (Phi) is 4.69. The molecular formula is C7H12N2.